The molecule has 0 saturated carbocycles. The lowest BCUT2D eigenvalue weighted by Crippen LogP contribution is -2.37. The smallest absolute Gasteiger partial charge is 0.210 e. The van der Waals surface area contributed by atoms with Crippen molar-refractivity contribution < 1.29 is 12.8 Å². The second-order valence-corrected chi connectivity index (χ2v) is 7.77. The van der Waals surface area contributed by atoms with Gasteiger partial charge in [0.15, 0.2) is 0 Å². The highest BCUT2D eigenvalue weighted by atomic mass is 32.2. The van der Waals surface area contributed by atoms with Crippen LogP contribution in [0.1, 0.15) is 25.0 Å². The van der Waals surface area contributed by atoms with Gasteiger partial charge < -0.3 is 0 Å². The minimum absolute atomic E-state index is 0.115. The summed E-state index contributed by atoms with van der Waals surface area (Å²) in [4.78, 5) is 0.211. The lowest BCUT2D eigenvalue weighted by molar-refractivity contribution is 0.471. The van der Waals surface area contributed by atoms with Crippen LogP contribution in [0.2, 0.25) is 0 Å². The molecule has 2 rings (SSSR count). The van der Waals surface area contributed by atoms with Crippen LogP contribution in [0.4, 0.5) is 4.39 Å². The van der Waals surface area contributed by atoms with E-state index in [1.54, 1.807) is 42.5 Å². The molecule has 0 aliphatic heterocycles. The molecular weight excluding hydrogens is 301 g/mol. The van der Waals surface area contributed by atoms with E-state index in [4.69, 9.17) is 0 Å². The van der Waals surface area contributed by atoms with Crippen molar-refractivity contribution >= 4 is 10.0 Å². The molecule has 0 radical (unpaired) electrons. The third kappa shape index (κ3) is 3.72. The van der Waals surface area contributed by atoms with Gasteiger partial charge in [0.05, 0.1) is 4.90 Å². The number of aryl methyl sites for hydroxylation is 1. The highest BCUT2D eigenvalue weighted by molar-refractivity contribution is 7.89. The number of halogens is 1. The number of rotatable bonds is 5. The van der Waals surface area contributed by atoms with E-state index in [0.717, 1.165) is 5.56 Å². The Hall–Kier alpha value is -1.72. The van der Waals surface area contributed by atoms with Crippen LogP contribution in [0, 0.1) is 12.7 Å². The van der Waals surface area contributed by atoms with Gasteiger partial charge in [0.1, 0.15) is 5.82 Å². The zero-order valence-electron chi connectivity index (χ0n) is 12.9. The molecule has 0 spiro atoms. The summed E-state index contributed by atoms with van der Waals surface area (Å²) in [7, 11) is -3.60. The fourth-order valence-corrected chi connectivity index (χ4v) is 3.39. The van der Waals surface area contributed by atoms with Crippen molar-refractivity contribution in [3.05, 3.63) is 65.5 Å². The van der Waals surface area contributed by atoms with Crippen LogP contribution in [0.25, 0.3) is 0 Å². The van der Waals surface area contributed by atoms with Crippen LogP contribution >= 0.6 is 0 Å². The van der Waals surface area contributed by atoms with Crippen LogP contribution in [-0.4, -0.2) is 15.0 Å². The summed E-state index contributed by atoms with van der Waals surface area (Å²) in [6.45, 7) is 5.63. The van der Waals surface area contributed by atoms with Gasteiger partial charge in [0.25, 0.3) is 0 Å². The highest BCUT2D eigenvalue weighted by Crippen LogP contribution is 2.25. The monoisotopic (exact) mass is 321 g/mol. The standard InChI is InChI=1S/C17H20FNO2S/c1-13-8-10-14(11-9-13)22(20,21)19-12-17(2,3)15-6-4-5-7-16(15)18/h4-11,19H,12H2,1-3H3. The summed E-state index contributed by atoms with van der Waals surface area (Å²) >= 11 is 0. The molecule has 5 heteroatoms. The normalized spacial score (nSPS) is 12.4. The molecule has 3 nitrogen and oxygen atoms in total. The maximum absolute atomic E-state index is 13.9. The van der Waals surface area contributed by atoms with E-state index in [1.165, 1.54) is 6.07 Å². The average molecular weight is 321 g/mol. The Morgan fingerprint density at radius 1 is 1.05 bits per heavy atom. The lowest BCUT2D eigenvalue weighted by atomic mass is 9.84. The Morgan fingerprint density at radius 3 is 2.23 bits per heavy atom. The molecule has 0 fully saturated rings. The minimum Gasteiger partial charge on any atom is -0.210 e. The van der Waals surface area contributed by atoms with E-state index in [1.807, 2.05) is 20.8 Å². The molecule has 0 saturated heterocycles. The molecule has 118 valence electrons. The molecule has 2 aromatic rings. The molecule has 0 aliphatic carbocycles. The van der Waals surface area contributed by atoms with Gasteiger partial charge in [-0.25, -0.2) is 17.5 Å². The Balaban J connectivity index is 2.18. The molecule has 0 bridgehead atoms. The summed E-state index contributed by atoms with van der Waals surface area (Å²) in [6, 6.07) is 13.0. The Morgan fingerprint density at radius 2 is 1.64 bits per heavy atom. The summed E-state index contributed by atoms with van der Waals surface area (Å²) in [5.74, 6) is -0.331. The van der Waals surface area contributed by atoms with Gasteiger partial charge >= 0.3 is 0 Å². The average Bonchev–Trinajstić information content (AvgIpc) is 2.46. The molecule has 22 heavy (non-hydrogen) atoms. The van der Waals surface area contributed by atoms with E-state index in [2.05, 4.69) is 4.72 Å². The molecule has 0 amide bonds. The van der Waals surface area contributed by atoms with Crippen LogP contribution in [0.15, 0.2) is 53.4 Å². The number of sulfonamides is 1. The maximum atomic E-state index is 13.9. The second kappa shape index (κ2) is 6.18. The molecule has 2 aromatic carbocycles. The van der Waals surface area contributed by atoms with Crippen LogP contribution in [0.3, 0.4) is 0 Å². The number of hydrogen-bond acceptors (Lipinski definition) is 2. The van der Waals surface area contributed by atoms with Crippen molar-refractivity contribution in [2.24, 2.45) is 0 Å². The summed E-state index contributed by atoms with van der Waals surface area (Å²) in [5.41, 5.74) is 0.829. The first-order chi connectivity index (χ1) is 10.2. The molecule has 0 aliphatic rings. The second-order valence-electron chi connectivity index (χ2n) is 6.00. The molecule has 1 N–H and O–H groups in total. The van der Waals surface area contributed by atoms with Crippen LogP contribution in [0.5, 0.6) is 0 Å². The highest BCUT2D eigenvalue weighted by Gasteiger charge is 2.26. The quantitative estimate of drug-likeness (QED) is 0.917. The van der Waals surface area contributed by atoms with Crippen LogP contribution in [-0.2, 0) is 15.4 Å². The van der Waals surface area contributed by atoms with E-state index < -0.39 is 15.4 Å². The first-order valence-corrected chi connectivity index (χ1v) is 8.52. The number of benzene rings is 2. The van der Waals surface area contributed by atoms with Crippen molar-refractivity contribution in [2.75, 3.05) is 6.54 Å². The first kappa shape index (κ1) is 16.6. The summed E-state index contributed by atoms with van der Waals surface area (Å²) in [5, 5.41) is 0. The van der Waals surface area contributed by atoms with Gasteiger partial charge in [0, 0.05) is 12.0 Å². The SMILES string of the molecule is Cc1ccc(S(=O)(=O)NCC(C)(C)c2ccccc2F)cc1. The van der Waals surface area contributed by atoms with Gasteiger partial charge in [-0.3, -0.25) is 0 Å². The topological polar surface area (TPSA) is 46.2 Å². The van der Waals surface area contributed by atoms with E-state index >= 15 is 0 Å². The Kier molecular flexibility index (Phi) is 4.68. The molecule has 0 atom stereocenters. The minimum atomic E-state index is -3.60. The third-order valence-corrected chi connectivity index (χ3v) is 5.06. The van der Waals surface area contributed by atoms with E-state index in [9.17, 15) is 12.8 Å². The van der Waals surface area contributed by atoms with Gasteiger partial charge in [-0.2, -0.15) is 0 Å². The van der Waals surface area contributed by atoms with Crippen molar-refractivity contribution in [2.45, 2.75) is 31.1 Å². The van der Waals surface area contributed by atoms with Crippen molar-refractivity contribution in [1.29, 1.82) is 0 Å². The third-order valence-electron chi connectivity index (χ3n) is 3.64. The predicted molar refractivity (Wildman–Crippen MR) is 85.8 cm³/mol. The number of nitrogens with one attached hydrogen (secondary N) is 1. The molecule has 0 heterocycles. The summed E-state index contributed by atoms with van der Waals surface area (Å²) < 4.78 is 41.1. The van der Waals surface area contributed by atoms with Crippen molar-refractivity contribution in [3.8, 4) is 0 Å². The Labute approximate surface area is 131 Å². The van der Waals surface area contributed by atoms with Gasteiger partial charge in [-0.15, -0.1) is 0 Å². The molecule has 0 aromatic heterocycles. The number of hydrogen-bond donors (Lipinski definition) is 1. The largest absolute Gasteiger partial charge is 0.240 e. The molecule has 0 unspecified atom stereocenters. The zero-order chi connectivity index (χ0) is 16.4. The van der Waals surface area contributed by atoms with Gasteiger partial charge in [0.2, 0.25) is 10.0 Å². The molecular formula is C17H20FNO2S. The maximum Gasteiger partial charge on any atom is 0.240 e. The van der Waals surface area contributed by atoms with Gasteiger partial charge in [-0.1, -0.05) is 49.7 Å². The van der Waals surface area contributed by atoms with Crippen molar-refractivity contribution in [1.82, 2.24) is 4.72 Å². The lowest BCUT2D eigenvalue weighted by Gasteiger charge is -2.26. The fraction of sp³-hybridized carbons (Fsp3) is 0.294. The predicted octanol–water partition coefficient (Wildman–Crippen LogP) is 3.39. The zero-order valence-corrected chi connectivity index (χ0v) is 13.7. The first-order valence-electron chi connectivity index (χ1n) is 7.04. The van der Waals surface area contributed by atoms with E-state index in [0.29, 0.717) is 5.56 Å². The van der Waals surface area contributed by atoms with E-state index in [-0.39, 0.29) is 17.3 Å². The van der Waals surface area contributed by atoms with Gasteiger partial charge in [-0.05, 0) is 30.7 Å². The van der Waals surface area contributed by atoms with Crippen molar-refractivity contribution in [3.63, 3.8) is 0 Å². The summed E-state index contributed by atoms with van der Waals surface area (Å²) in [6.07, 6.45) is 0. The fourth-order valence-electron chi connectivity index (χ4n) is 2.18. The Bertz CT molecular complexity index is 752. The van der Waals surface area contributed by atoms with Crippen LogP contribution < -0.4 is 4.72 Å².